The molecule has 94 valence electrons. The van der Waals surface area contributed by atoms with Gasteiger partial charge in [-0.15, -0.1) is 0 Å². The molecule has 0 aliphatic rings. The average molecular weight is 262 g/mol. The van der Waals surface area contributed by atoms with Crippen molar-refractivity contribution in [3.8, 4) is 17.0 Å². The van der Waals surface area contributed by atoms with E-state index in [-0.39, 0.29) is 0 Å². The molecule has 0 bridgehead atoms. The lowest BCUT2D eigenvalue weighted by Crippen LogP contribution is -1.98. The lowest BCUT2D eigenvalue weighted by Gasteiger charge is -2.11. The van der Waals surface area contributed by atoms with Crippen LogP contribution in [0.3, 0.4) is 0 Å². The Hall–Kier alpha value is -1.54. The van der Waals surface area contributed by atoms with Gasteiger partial charge in [-0.25, -0.2) is 0 Å². The second kappa shape index (κ2) is 6.41. The van der Waals surface area contributed by atoms with Crippen molar-refractivity contribution in [2.45, 2.75) is 19.8 Å². The Morgan fingerprint density at radius 1 is 1.22 bits per heavy atom. The van der Waals surface area contributed by atoms with Gasteiger partial charge in [0, 0.05) is 16.8 Å². The van der Waals surface area contributed by atoms with E-state index in [1.807, 2.05) is 36.4 Å². The molecule has 2 rings (SSSR count). The highest BCUT2D eigenvalue weighted by Crippen LogP contribution is 2.31. The molecule has 0 aliphatic heterocycles. The zero-order chi connectivity index (χ0) is 12.8. The molecular weight excluding hydrogens is 246 g/mol. The summed E-state index contributed by atoms with van der Waals surface area (Å²) in [5, 5.41) is 0.682. The molecule has 1 aromatic heterocycles. The molecule has 3 heteroatoms. The van der Waals surface area contributed by atoms with Gasteiger partial charge >= 0.3 is 0 Å². The van der Waals surface area contributed by atoms with E-state index in [0.29, 0.717) is 11.6 Å². The molecule has 0 radical (unpaired) electrons. The fraction of sp³-hybridized carbons (Fsp3) is 0.267. The number of rotatable bonds is 5. The van der Waals surface area contributed by atoms with Crippen LogP contribution in [0.25, 0.3) is 11.3 Å². The zero-order valence-corrected chi connectivity index (χ0v) is 11.2. The van der Waals surface area contributed by atoms with Crippen LogP contribution in [-0.4, -0.2) is 11.6 Å². The number of halogens is 1. The molecule has 2 aromatic rings. The minimum Gasteiger partial charge on any atom is -0.493 e. The Labute approximate surface area is 113 Å². The standard InChI is InChI=1S/C15H16ClNO/c1-2-3-10-18-15-11-12(16)7-8-13(15)14-6-4-5-9-17-14/h4-9,11H,2-3,10H2,1H3. The molecule has 0 amide bonds. The van der Waals surface area contributed by atoms with Crippen LogP contribution in [0.15, 0.2) is 42.6 Å². The van der Waals surface area contributed by atoms with E-state index >= 15 is 0 Å². The molecule has 0 atom stereocenters. The number of nitrogens with zero attached hydrogens (tertiary/aromatic N) is 1. The van der Waals surface area contributed by atoms with E-state index in [9.17, 15) is 0 Å². The second-order valence-corrected chi connectivity index (χ2v) is 4.49. The van der Waals surface area contributed by atoms with Gasteiger partial charge in [-0.1, -0.05) is 31.0 Å². The van der Waals surface area contributed by atoms with Crippen LogP contribution in [0, 0.1) is 0 Å². The van der Waals surface area contributed by atoms with Gasteiger partial charge in [-0.3, -0.25) is 4.98 Å². The third-order valence-corrected chi connectivity index (χ3v) is 2.88. The molecule has 1 heterocycles. The summed E-state index contributed by atoms with van der Waals surface area (Å²) in [6, 6.07) is 11.5. The maximum Gasteiger partial charge on any atom is 0.130 e. The highest BCUT2D eigenvalue weighted by Gasteiger charge is 2.08. The largest absolute Gasteiger partial charge is 0.493 e. The first-order chi connectivity index (χ1) is 8.81. The Kier molecular flexibility index (Phi) is 4.59. The van der Waals surface area contributed by atoms with Gasteiger partial charge in [-0.05, 0) is 36.8 Å². The fourth-order valence-corrected chi connectivity index (χ4v) is 1.84. The summed E-state index contributed by atoms with van der Waals surface area (Å²) in [5.41, 5.74) is 1.89. The van der Waals surface area contributed by atoms with Gasteiger partial charge in [0.05, 0.1) is 12.3 Å². The van der Waals surface area contributed by atoms with Crippen LogP contribution in [0.5, 0.6) is 5.75 Å². The number of pyridine rings is 1. The predicted octanol–water partition coefficient (Wildman–Crippen LogP) is 4.58. The van der Waals surface area contributed by atoms with Crippen LogP contribution in [0.2, 0.25) is 5.02 Å². The number of unbranched alkanes of at least 4 members (excludes halogenated alkanes) is 1. The highest BCUT2D eigenvalue weighted by atomic mass is 35.5. The molecular formula is C15H16ClNO. The molecule has 0 saturated heterocycles. The second-order valence-electron chi connectivity index (χ2n) is 4.06. The Bertz CT molecular complexity index is 499. The lowest BCUT2D eigenvalue weighted by atomic mass is 10.1. The highest BCUT2D eigenvalue weighted by molar-refractivity contribution is 6.30. The van der Waals surface area contributed by atoms with Crippen molar-refractivity contribution in [2.75, 3.05) is 6.61 Å². The van der Waals surface area contributed by atoms with Gasteiger partial charge in [0.25, 0.3) is 0 Å². The number of hydrogen-bond donors (Lipinski definition) is 0. The van der Waals surface area contributed by atoms with Gasteiger partial charge in [0.2, 0.25) is 0 Å². The van der Waals surface area contributed by atoms with Crippen molar-refractivity contribution in [3.63, 3.8) is 0 Å². The SMILES string of the molecule is CCCCOc1cc(Cl)ccc1-c1ccccn1. The quantitative estimate of drug-likeness (QED) is 0.735. The number of ether oxygens (including phenoxy) is 1. The average Bonchev–Trinajstić information content (AvgIpc) is 2.40. The first-order valence-corrected chi connectivity index (χ1v) is 6.53. The van der Waals surface area contributed by atoms with Gasteiger partial charge in [-0.2, -0.15) is 0 Å². The third kappa shape index (κ3) is 3.23. The third-order valence-electron chi connectivity index (χ3n) is 2.64. The minimum absolute atomic E-state index is 0.682. The van der Waals surface area contributed by atoms with Gasteiger partial charge in [0.15, 0.2) is 0 Å². The van der Waals surface area contributed by atoms with E-state index in [1.54, 1.807) is 6.20 Å². The number of hydrogen-bond acceptors (Lipinski definition) is 2. The molecule has 1 aromatic carbocycles. The van der Waals surface area contributed by atoms with E-state index in [0.717, 1.165) is 29.8 Å². The van der Waals surface area contributed by atoms with Crippen LogP contribution < -0.4 is 4.74 Å². The van der Waals surface area contributed by atoms with E-state index < -0.39 is 0 Å². The van der Waals surface area contributed by atoms with Crippen molar-refractivity contribution in [2.24, 2.45) is 0 Å². The Balaban J connectivity index is 2.29. The van der Waals surface area contributed by atoms with Crippen molar-refractivity contribution in [3.05, 3.63) is 47.6 Å². The predicted molar refractivity (Wildman–Crippen MR) is 75.1 cm³/mol. The molecule has 0 aliphatic carbocycles. The smallest absolute Gasteiger partial charge is 0.130 e. The molecule has 0 fully saturated rings. The summed E-state index contributed by atoms with van der Waals surface area (Å²) >= 11 is 6.02. The summed E-state index contributed by atoms with van der Waals surface area (Å²) in [6.07, 6.45) is 3.92. The Morgan fingerprint density at radius 3 is 2.83 bits per heavy atom. The summed E-state index contributed by atoms with van der Waals surface area (Å²) in [5.74, 6) is 0.801. The Morgan fingerprint density at radius 2 is 2.11 bits per heavy atom. The van der Waals surface area contributed by atoms with Crippen molar-refractivity contribution >= 4 is 11.6 Å². The monoisotopic (exact) mass is 261 g/mol. The first-order valence-electron chi connectivity index (χ1n) is 6.15. The summed E-state index contributed by atoms with van der Waals surface area (Å²) < 4.78 is 5.79. The van der Waals surface area contributed by atoms with E-state index in [2.05, 4.69) is 11.9 Å². The summed E-state index contributed by atoms with van der Waals surface area (Å²) in [6.45, 7) is 2.84. The molecule has 0 spiro atoms. The number of aromatic nitrogens is 1. The molecule has 0 saturated carbocycles. The normalized spacial score (nSPS) is 10.3. The van der Waals surface area contributed by atoms with Crippen LogP contribution in [0.1, 0.15) is 19.8 Å². The molecule has 2 nitrogen and oxygen atoms in total. The van der Waals surface area contributed by atoms with Gasteiger partial charge < -0.3 is 4.74 Å². The minimum atomic E-state index is 0.682. The summed E-state index contributed by atoms with van der Waals surface area (Å²) in [7, 11) is 0. The fourth-order valence-electron chi connectivity index (χ4n) is 1.68. The van der Waals surface area contributed by atoms with E-state index in [4.69, 9.17) is 16.3 Å². The lowest BCUT2D eigenvalue weighted by molar-refractivity contribution is 0.310. The number of benzene rings is 1. The maximum absolute atomic E-state index is 6.02. The van der Waals surface area contributed by atoms with Crippen LogP contribution >= 0.6 is 11.6 Å². The maximum atomic E-state index is 6.02. The molecule has 18 heavy (non-hydrogen) atoms. The first kappa shape index (κ1) is 12.9. The van der Waals surface area contributed by atoms with Gasteiger partial charge in [0.1, 0.15) is 5.75 Å². The molecule has 0 unspecified atom stereocenters. The van der Waals surface area contributed by atoms with Crippen LogP contribution in [0.4, 0.5) is 0 Å². The topological polar surface area (TPSA) is 22.1 Å². The van der Waals surface area contributed by atoms with Crippen molar-refractivity contribution in [1.29, 1.82) is 0 Å². The zero-order valence-electron chi connectivity index (χ0n) is 10.4. The van der Waals surface area contributed by atoms with Crippen LogP contribution in [-0.2, 0) is 0 Å². The van der Waals surface area contributed by atoms with E-state index in [1.165, 1.54) is 0 Å². The summed E-state index contributed by atoms with van der Waals surface area (Å²) in [4.78, 5) is 4.34. The van der Waals surface area contributed by atoms with Crippen molar-refractivity contribution < 1.29 is 4.74 Å². The molecule has 0 N–H and O–H groups in total. The van der Waals surface area contributed by atoms with Crippen molar-refractivity contribution in [1.82, 2.24) is 4.98 Å².